The molecular weight excluding hydrogens is 280 g/mol. The van der Waals surface area contributed by atoms with Gasteiger partial charge in [0.15, 0.2) is 11.0 Å². The first-order chi connectivity index (χ1) is 9.74. The second-order valence-corrected chi connectivity index (χ2v) is 4.80. The third-order valence-corrected chi connectivity index (χ3v) is 3.39. The van der Waals surface area contributed by atoms with Crippen molar-refractivity contribution in [1.29, 1.82) is 0 Å². The Bertz CT molecular complexity index is 593. The first kappa shape index (κ1) is 12.9. The third-order valence-electron chi connectivity index (χ3n) is 3.19. The number of carbonyl (C=O) groups is 1. The standard InChI is InChI=1S/C13H13ClN4O2/c14-11-3-2-10(20-11)12(19)17-6-8-18(9-7-17)13-15-4-1-5-16-13/h1-5H,6-9H2. The predicted octanol–water partition coefficient (Wildman–Crippen LogP) is 1.69. The first-order valence-electron chi connectivity index (χ1n) is 6.30. The summed E-state index contributed by atoms with van der Waals surface area (Å²) in [5, 5.41) is 0.227. The minimum absolute atomic E-state index is 0.134. The second-order valence-electron chi connectivity index (χ2n) is 4.43. The fraction of sp³-hybridized carbons (Fsp3) is 0.308. The smallest absolute Gasteiger partial charge is 0.289 e. The molecule has 0 unspecified atom stereocenters. The van der Waals surface area contributed by atoms with Gasteiger partial charge >= 0.3 is 0 Å². The number of nitrogens with zero attached hydrogens (tertiary/aromatic N) is 4. The van der Waals surface area contributed by atoms with Gasteiger partial charge in [-0.15, -0.1) is 0 Å². The molecule has 1 saturated heterocycles. The fourth-order valence-corrected chi connectivity index (χ4v) is 2.30. The molecule has 3 heterocycles. The second kappa shape index (κ2) is 5.50. The lowest BCUT2D eigenvalue weighted by Gasteiger charge is -2.34. The summed E-state index contributed by atoms with van der Waals surface area (Å²) < 4.78 is 5.15. The van der Waals surface area contributed by atoms with E-state index >= 15 is 0 Å². The summed E-state index contributed by atoms with van der Waals surface area (Å²) in [6.45, 7) is 2.61. The molecule has 2 aromatic rings. The summed E-state index contributed by atoms with van der Waals surface area (Å²) in [7, 11) is 0. The van der Waals surface area contributed by atoms with Crippen molar-refractivity contribution in [3.63, 3.8) is 0 Å². The summed E-state index contributed by atoms with van der Waals surface area (Å²) in [5.74, 6) is 0.839. The van der Waals surface area contributed by atoms with E-state index in [0.717, 1.165) is 0 Å². The molecule has 20 heavy (non-hydrogen) atoms. The summed E-state index contributed by atoms with van der Waals surface area (Å²) >= 11 is 5.68. The van der Waals surface area contributed by atoms with E-state index in [9.17, 15) is 4.79 Å². The van der Waals surface area contributed by atoms with Gasteiger partial charge in [0.1, 0.15) is 0 Å². The van der Waals surface area contributed by atoms with Gasteiger partial charge in [0.25, 0.3) is 5.91 Å². The Labute approximate surface area is 121 Å². The molecule has 1 aliphatic rings. The molecule has 104 valence electrons. The lowest BCUT2D eigenvalue weighted by molar-refractivity contribution is 0.0714. The Kier molecular flexibility index (Phi) is 3.56. The number of anilines is 1. The molecule has 1 aliphatic heterocycles. The molecule has 2 aromatic heterocycles. The minimum atomic E-state index is -0.134. The molecule has 6 nitrogen and oxygen atoms in total. The van der Waals surface area contributed by atoms with Gasteiger partial charge in [-0.05, 0) is 29.8 Å². The molecule has 1 amide bonds. The summed E-state index contributed by atoms with van der Waals surface area (Å²) in [6.07, 6.45) is 3.43. The topological polar surface area (TPSA) is 62.5 Å². The maximum absolute atomic E-state index is 12.2. The van der Waals surface area contributed by atoms with Crippen molar-refractivity contribution >= 4 is 23.5 Å². The molecule has 1 fully saturated rings. The largest absolute Gasteiger partial charge is 0.440 e. The van der Waals surface area contributed by atoms with Crippen LogP contribution < -0.4 is 4.90 Å². The van der Waals surface area contributed by atoms with Crippen LogP contribution in [-0.2, 0) is 0 Å². The number of rotatable bonds is 2. The van der Waals surface area contributed by atoms with Crippen LogP contribution in [0.15, 0.2) is 35.0 Å². The van der Waals surface area contributed by atoms with E-state index in [1.807, 2.05) is 0 Å². The van der Waals surface area contributed by atoms with Crippen LogP contribution >= 0.6 is 11.6 Å². The lowest BCUT2D eigenvalue weighted by atomic mass is 10.3. The van der Waals surface area contributed by atoms with Gasteiger partial charge < -0.3 is 14.2 Å². The highest BCUT2D eigenvalue weighted by atomic mass is 35.5. The Morgan fingerprint density at radius 1 is 1.15 bits per heavy atom. The number of hydrogen-bond acceptors (Lipinski definition) is 5. The number of halogens is 1. The van der Waals surface area contributed by atoms with Crippen LogP contribution in [-0.4, -0.2) is 47.0 Å². The zero-order valence-corrected chi connectivity index (χ0v) is 11.5. The van der Waals surface area contributed by atoms with Gasteiger partial charge in [-0.2, -0.15) is 0 Å². The molecule has 0 spiro atoms. The monoisotopic (exact) mass is 292 g/mol. The average Bonchev–Trinajstić information content (AvgIpc) is 2.94. The van der Waals surface area contributed by atoms with Crippen LogP contribution in [0.3, 0.4) is 0 Å². The molecule has 0 saturated carbocycles. The normalized spacial score (nSPS) is 15.4. The van der Waals surface area contributed by atoms with E-state index in [1.165, 1.54) is 0 Å². The Balaban J connectivity index is 1.63. The molecule has 0 atom stereocenters. The van der Waals surface area contributed by atoms with Crippen LogP contribution in [0.5, 0.6) is 0 Å². The van der Waals surface area contributed by atoms with E-state index in [4.69, 9.17) is 16.0 Å². The van der Waals surface area contributed by atoms with Crippen molar-refractivity contribution in [3.8, 4) is 0 Å². The van der Waals surface area contributed by atoms with E-state index in [1.54, 1.807) is 35.5 Å². The molecule has 3 rings (SSSR count). The van der Waals surface area contributed by atoms with Crippen LogP contribution in [0.1, 0.15) is 10.6 Å². The van der Waals surface area contributed by atoms with Crippen LogP contribution in [0.25, 0.3) is 0 Å². The van der Waals surface area contributed by atoms with Crippen molar-refractivity contribution in [2.45, 2.75) is 0 Å². The molecule has 7 heteroatoms. The number of amides is 1. The fourth-order valence-electron chi connectivity index (χ4n) is 2.15. The van der Waals surface area contributed by atoms with E-state index < -0.39 is 0 Å². The van der Waals surface area contributed by atoms with Crippen LogP contribution in [0.4, 0.5) is 5.95 Å². The quantitative estimate of drug-likeness (QED) is 0.843. The maximum Gasteiger partial charge on any atom is 0.289 e. The lowest BCUT2D eigenvalue weighted by Crippen LogP contribution is -2.49. The maximum atomic E-state index is 12.2. The predicted molar refractivity (Wildman–Crippen MR) is 73.9 cm³/mol. The van der Waals surface area contributed by atoms with E-state index in [-0.39, 0.29) is 16.9 Å². The average molecular weight is 293 g/mol. The van der Waals surface area contributed by atoms with Crippen molar-refractivity contribution in [2.24, 2.45) is 0 Å². The number of furan rings is 1. The highest BCUT2D eigenvalue weighted by Crippen LogP contribution is 2.17. The molecule has 0 bridgehead atoms. The molecule has 0 radical (unpaired) electrons. The van der Waals surface area contributed by atoms with Gasteiger partial charge in [0.2, 0.25) is 5.95 Å². The van der Waals surface area contributed by atoms with Gasteiger partial charge in [-0.25, -0.2) is 9.97 Å². The zero-order valence-electron chi connectivity index (χ0n) is 10.7. The molecule has 0 aliphatic carbocycles. The summed E-state index contributed by atoms with van der Waals surface area (Å²) in [4.78, 5) is 24.4. The van der Waals surface area contributed by atoms with Gasteiger partial charge in [-0.1, -0.05) is 0 Å². The number of hydrogen-bond donors (Lipinski definition) is 0. The summed E-state index contributed by atoms with van der Waals surface area (Å²) in [5.41, 5.74) is 0. The minimum Gasteiger partial charge on any atom is -0.440 e. The van der Waals surface area contributed by atoms with E-state index in [2.05, 4.69) is 14.9 Å². The molecule has 0 N–H and O–H groups in total. The van der Waals surface area contributed by atoms with Crippen LogP contribution in [0, 0.1) is 0 Å². The van der Waals surface area contributed by atoms with Crippen molar-refractivity contribution in [2.75, 3.05) is 31.1 Å². The highest BCUT2D eigenvalue weighted by molar-refractivity contribution is 6.29. The van der Waals surface area contributed by atoms with Gasteiger partial charge in [0, 0.05) is 38.6 Å². The molecule has 0 aromatic carbocycles. The highest BCUT2D eigenvalue weighted by Gasteiger charge is 2.25. The zero-order chi connectivity index (χ0) is 13.9. The van der Waals surface area contributed by atoms with Gasteiger partial charge in [0.05, 0.1) is 0 Å². The van der Waals surface area contributed by atoms with Crippen molar-refractivity contribution in [1.82, 2.24) is 14.9 Å². The number of piperazine rings is 1. The number of aromatic nitrogens is 2. The van der Waals surface area contributed by atoms with E-state index in [0.29, 0.717) is 32.1 Å². The van der Waals surface area contributed by atoms with Crippen molar-refractivity contribution in [3.05, 3.63) is 41.6 Å². The third kappa shape index (κ3) is 2.60. The Morgan fingerprint density at radius 2 is 1.85 bits per heavy atom. The van der Waals surface area contributed by atoms with Gasteiger partial charge in [-0.3, -0.25) is 4.79 Å². The summed E-state index contributed by atoms with van der Waals surface area (Å²) in [6, 6.07) is 4.95. The SMILES string of the molecule is O=C(c1ccc(Cl)o1)N1CCN(c2ncccn2)CC1. The first-order valence-corrected chi connectivity index (χ1v) is 6.68. The molecular formula is C13H13ClN4O2. The Morgan fingerprint density at radius 3 is 2.45 bits per heavy atom. The van der Waals surface area contributed by atoms with Crippen LogP contribution in [0.2, 0.25) is 5.22 Å². The number of carbonyl (C=O) groups excluding carboxylic acids is 1. The van der Waals surface area contributed by atoms with Crippen molar-refractivity contribution < 1.29 is 9.21 Å². The Hall–Kier alpha value is -2.08.